The average molecular weight is 322 g/mol. The molecule has 0 bridgehead atoms. The van der Waals surface area contributed by atoms with Crippen LogP contribution in [0.4, 0.5) is 0 Å². The van der Waals surface area contributed by atoms with Crippen molar-refractivity contribution in [1.82, 2.24) is 20.6 Å². The van der Waals surface area contributed by atoms with Gasteiger partial charge in [-0.15, -0.1) is 0 Å². The number of rotatable bonds is 5. The van der Waals surface area contributed by atoms with Crippen LogP contribution in [0, 0.1) is 13.8 Å². The number of carbonyl (C=O) groups is 1. The summed E-state index contributed by atoms with van der Waals surface area (Å²) >= 11 is 0. The lowest BCUT2D eigenvalue weighted by molar-refractivity contribution is -0.121. The summed E-state index contributed by atoms with van der Waals surface area (Å²) in [7, 11) is 0. The van der Waals surface area contributed by atoms with Crippen LogP contribution in [0.2, 0.25) is 0 Å². The van der Waals surface area contributed by atoms with Crippen LogP contribution in [0.15, 0.2) is 53.4 Å². The van der Waals surface area contributed by atoms with Gasteiger partial charge in [0, 0.05) is 12.4 Å². The number of benzene rings is 1. The second-order valence-corrected chi connectivity index (χ2v) is 5.61. The minimum Gasteiger partial charge on any atom is -0.345 e. The van der Waals surface area contributed by atoms with Crippen molar-refractivity contribution < 1.29 is 9.42 Å². The molecule has 0 radical (unpaired) electrons. The molecule has 1 aromatic carbocycles. The maximum Gasteiger partial charge on any atom is 0.226 e. The number of hydrogen-bond acceptors (Lipinski definition) is 5. The van der Waals surface area contributed by atoms with Crippen molar-refractivity contribution in [3.05, 3.63) is 76.9 Å². The third-order valence-electron chi connectivity index (χ3n) is 3.92. The summed E-state index contributed by atoms with van der Waals surface area (Å²) in [5, 5.41) is 10.6. The van der Waals surface area contributed by atoms with Crippen molar-refractivity contribution in [3.8, 4) is 0 Å². The standard InChI is InChI=1S/C18H18N4O2/c1-12-5-3-4-6-15(12)18(14-7-9-19-10-8-14)20-17(23)11-16-13(2)21-24-22-16/h3-10,18H,11H2,1-2H3,(H,20,23)/t18-/m1/s1. The first kappa shape index (κ1) is 15.9. The van der Waals surface area contributed by atoms with Crippen LogP contribution in [-0.4, -0.2) is 21.2 Å². The Morgan fingerprint density at radius 1 is 1.12 bits per heavy atom. The van der Waals surface area contributed by atoms with Crippen LogP contribution in [0.1, 0.15) is 34.1 Å². The van der Waals surface area contributed by atoms with Gasteiger partial charge in [0.2, 0.25) is 5.91 Å². The maximum absolute atomic E-state index is 12.5. The number of nitrogens with one attached hydrogen (secondary N) is 1. The quantitative estimate of drug-likeness (QED) is 0.780. The molecule has 1 atom stereocenters. The van der Waals surface area contributed by atoms with E-state index >= 15 is 0 Å². The first-order chi connectivity index (χ1) is 11.6. The number of pyridine rings is 1. The molecule has 6 nitrogen and oxygen atoms in total. The Hall–Kier alpha value is -3.02. The number of amides is 1. The zero-order chi connectivity index (χ0) is 16.9. The zero-order valence-electron chi connectivity index (χ0n) is 13.6. The van der Waals surface area contributed by atoms with Crippen molar-refractivity contribution in [2.75, 3.05) is 0 Å². The predicted octanol–water partition coefficient (Wildman–Crippen LogP) is 2.53. The Morgan fingerprint density at radius 2 is 1.88 bits per heavy atom. The number of hydrogen-bond donors (Lipinski definition) is 1. The van der Waals surface area contributed by atoms with E-state index in [0.29, 0.717) is 11.4 Å². The Morgan fingerprint density at radius 3 is 2.54 bits per heavy atom. The largest absolute Gasteiger partial charge is 0.345 e. The minimum absolute atomic E-state index is 0.128. The fourth-order valence-corrected chi connectivity index (χ4v) is 2.58. The summed E-state index contributed by atoms with van der Waals surface area (Å²) in [6, 6.07) is 11.6. The van der Waals surface area contributed by atoms with Crippen LogP contribution in [-0.2, 0) is 11.2 Å². The van der Waals surface area contributed by atoms with Crippen LogP contribution >= 0.6 is 0 Å². The van der Waals surface area contributed by atoms with Crippen LogP contribution < -0.4 is 5.32 Å². The molecular weight excluding hydrogens is 304 g/mol. The van der Waals surface area contributed by atoms with Crippen LogP contribution in [0.25, 0.3) is 0 Å². The monoisotopic (exact) mass is 322 g/mol. The maximum atomic E-state index is 12.5. The SMILES string of the molecule is Cc1ccccc1[C@H](NC(=O)Cc1nonc1C)c1ccncc1. The lowest BCUT2D eigenvalue weighted by Gasteiger charge is -2.21. The van der Waals surface area contributed by atoms with Crippen molar-refractivity contribution in [3.63, 3.8) is 0 Å². The summed E-state index contributed by atoms with van der Waals surface area (Å²) in [6.07, 6.45) is 3.57. The lowest BCUT2D eigenvalue weighted by Crippen LogP contribution is -2.31. The molecule has 0 saturated heterocycles. The van der Waals surface area contributed by atoms with Crippen molar-refractivity contribution in [2.24, 2.45) is 0 Å². The third kappa shape index (κ3) is 3.48. The molecule has 24 heavy (non-hydrogen) atoms. The Balaban J connectivity index is 1.87. The van der Waals surface area contributed by atoms with Gasteiger partial charge in [-0.3, -0.25) is 9.78 Å². The van der Waals surface area contributed by atoms with Gasteiger partial charge in [0.25, 0.3) is 0 Å². The molecule has 122 valence electrons. The molecular formula is C18H18N4O2. The van der Waals surface area contributed by atoms with Gasteiger partial charge in [-0.05, 0) is 42.7 Å². The summed E-state index contributed by atoms with van der Waals surface area (Å²) in [4.78, 5) is 16.5. The predicted molar refractivity (Wildman–Crippen MR) is 88.1 cm³/mol. The fraction of sp³-hybridized carbons (Fsp3) is 0.222. The van der Waals surface area contributed by atoms with E-state index in [2.05, 4.69) is 25.2 Å². The normalized spacial score (nSPS) is 11.9. The zero-order valence-corrected chi connectivity index (χ0v) is 13.6. The second-order valence-electron chi connectivity index (χ2n) is 5.61. The second kappa shape index (κ2) is 7.04. The van der Waals surface area contributed by atoms with Gasteiger partial charge >= 0.3 is 0 Å². The van der Waals surface area contributed by atoms with Gasteiger partial charge in [0.1, 0.15) is 11.4 Å². The summed E-state index contributed by atoms with van der Waals surface area (Å²) in [6.45, 7) is 3.79. The molecule has 0 fully saturated rings. The van der Waals surface area contributed by atoms with E-state index in [1.807, 2.05) is 43.3 Å². The molecule has 0 spiro atoms. The molecule has 0 unspecified atom stereocenters. The molecule has 2 heterocycles. The summed E-state index contributed by atoms with van der Waals surface area (Å²) < 4.78 is 4.65. The van der Waals surface area contributed by atoms with Gasteiger partial charge in [0.05, 0.1) is 12.5 Å². The van der Waals surface area contributed by atoms with Crippen molar-refractivity contribution in [2.45, 2.75) is 26.3 Å². The number of nitrogens with zero attached hydrogens (tertiary/aromatic N) is 3. The van der Waals surface area contributed by atoms with Gasteiger partial charge < -0.3 is 5.32 Å². The minimum atomic E-state index is -0.248. The van der Waals surface area contributed by atoms with E-state index < -0.39 is 0 Å². The first-order valence-corrected chi connectivity index (χ1v) is 7.68. The van der Waals surface area contributed by atoms with E-state index in [1.54, 1.807) is 19.3 Å². The Kier molecular flexibility index (Phi) is 4.65. The van der Waals surface area contributed by atoms with Crippen molar-refractivity contribution in [1.29, 1.82) is 0 Å². The highest BCUT2D eigenvalue weighted by molar-refractivity contribution is 5.79. The molecule has 3 rings (SSSR count). The number of carbonyl (C=O) groups excluding carboxylic acids is 1. The van der Waals surface area contributed by atoms with Crippen LogP contribution in [0.3, 0.4) is 0 Å². The van der Waals surface area contributed by atoms with E-state index in [4.69, 9.17) is 0 Å². The Labute approximate surface area is 139 Å². The van der Waals surface area contributed by atoms with E-state index in [9.17, 15) is 4.79 Å². The number of aryl methyl sites for hydroxylation is 2. The molecule has 0 saturated carbocycles. The summed E-state index contributed by atoms with van der Waals surface area (Å²) in [5.74, 6) is -0.140. The molecule has 1 N–H and O–H groups in total. The first-order valence-electron chi connectivity index (χ1n) is 7.68. The summed E-state index contributed by atoms with van der Waals surface area (Å²) in [5.41, 5.74) is 4.31. The average Bonchev–Trinajstić information content (AvgIpc) is 2.99. The highest BCUT2D eigenvalue weighted by Crippen LogP contribution is 2.24. The molecule has 0 aliphatic heterocycles. The fourth-order valence-electron chi connectivity index (χ4n) is 2.58. The molecule has 3 aromatic rings. The Bertz CT molecular complexity index is 830. The van der Waals surface area contributed by atoms with E-state index in [-0.39, 0.29) is 18.4 Å². The molecule has 0 aliphatic rings. The molecule has 1 amide bonds. The van der Waals surface area contributed by atoms with E-state index in [0.717, 1.165) is 16.7 Å². The smallest absolute Gasteiger partial charge is 0.226 e. The van der Waals surface area contributed by atoms with Gasteiger partial charge in [-0.25, -0.2) is 4.63 Å². The lowest BCUT2D eigenvalue weighted by atomic mass is 9.95. The molecule has 2 aromatic heterocycles. The van der Waals surface area contributed by atoms with E-state index in [1.165, 1.54) is 0 Å². The third-order valence-corrected chi connectivity index (χ3v) is 3.92. The van der Waals surface area contributed by atoms with Crippen LogP contribution in [0.5, 0.6) is 0 Å². The highest BCUT2D eigenvalue weighted by atomic mass is 16.6. The van der Waals surface area contributed by atoms with Gasteiger partial charge in [-0.2, -0.15) is 0 Å². The number of aromatic nitrogens is 3. The highest BCUT2D eigenvalue weighted by Gasteiger charge is 2.20. The van der Waals surface area contributed by atoms with Gasteiger partial charge in [-0.1, -0.05) is 34.6 Å². The molecule has 6 heteroatoms. The van der Waals surface area contributed by atoms with Crippen molar-refractivity contribution >= 4 is 5.91 Å². The molecule has 0 aliphatic carbocycles. The van der Waals surface area contributed by atoms with Gasteiger partial charge in [0.15, 0.2) is 0 Å². The topological polar surface area (TPSA) is 80.9 Å².